The van der Waals surface area contributed by atoms with Crippen molar-refractivity contribution < 1.29 is 5.11 Å². The smallest absolute Gasteiger partial charge is 0.172 e. The zero-order chi connectivity index (χ0) is 15.7. The van der Waals surface area contributed by atoms with Gasteiger partial charge >= 0.3 is 0 Å². The highest BCUT2D eigenvalue weighted by Crippen LogP contribution is 2.43. The molecule has 0 aromatic carbocycles. The Hall–Kier alpha value is -0.710. The summed E-state index contributed by atoms with van der Waals surface area (Å²) in [5.74, 6) is 1.50. The molecule has 0 atom stereocenters. The molecule has 5 heteroatoms. The summed E-state index contributed by atoms with van der Waals surface area (Å²) < 4.78 is 2.27. The number of hydrogen-bond donors (Lipinski definition) is 1. The minimum Gasteiger partial charge on any atom is -0.396 e. The Morgan fingerprint density at radius 2 is 2.14 bits per heavy atom. The van der Waals surface area contributed by atoms with Crippen LogP contribution in [0.15, 0.2) is 23.5 Å². The maximum atomic E-state index is 9.56. The van der Waals surface area contributed by atoms with Gasteiger partial charge in [-0.15, -0.1) is 0 Å². The number of aliphatic hydroxyl groups is 1. The van der Waals surface area contributed by atoms with Crippen molar-refractivity contribution in [1.82, 2.24) is 9.38 Å². The summed E-state index contributed by atoms with van der Waals surface area (Å²) in [6.45, 7) is 4.62. The number of aliphatic hydroxyl groups excluding tert-OH is 1. The maximum Gasteiger partial charge on any atom is 0.172 e. The normalized spacial score (nSPS) is 25.7. The largest absolute Gasteiger partial charge is 0.396 e. The van der Waals surface area contributed by atoms with Gasteiger partial charge in [0.2, 0.25) is 0 Å². The Balaban J connectivity index is 1.97. The maximum absolute atomic E-state index is 9.56. The Morgan fingerprint density at radius 3 is 2.77 bits per heavy atom. The molecule has 0 bridgehead atoms. The summed E-state index contributed by atoms with van der Waals surface area (Å²) in [5, 5.41) is 11.4. The first kappa shape index (κ1) is 16.2. The van der Waals surface area contributed by atoms with Crippen LogP contribution in [0, 0.1) is 5.41 Å². The summed E-state index contributed by atoms with van der Waals surface area (Å²) in [7, 11) is 0. The number of halogens is 1. The van der Waals surface area contributed by atoms with Crippen LogP contribution in [0.4, 0.5) is 0 Å². The second-order valence-electron chi connectivity index (χ2n) is 6.58. The van der Waals surface area contributed by atoms with E-state index in [0.29, 0.717) is 5.92 Å². The topological polar surface area (TPSA) is 37.5 Å². The molecule has 1 aliphatic carbocycles. The molecule has 0 radical (unpaired) electrons. The van der Waals surface area contributed by atoms with Crippen LogP contribution in [-0.2, 0) is 0 Å². The van der Waals surface area contributed by atoms with Crippen molar-refractivity contribution in [3.8, 4) is 0 Å². The lowest BCUT2D eigenvalue weighted by atomic mass is 9.71. The van der Waals surface area contributed by atoms with E-state index in [4.69, 9.17) is 11.6 Å². The quantitative estimate of drug-likeness (QED) is 0.817. The van der Waals surface area contributed by atoms with E-state index in [0.717, 1.165) is 47.1 Å². The number of aromatic nitrogens is 2. The van der Waals surface area contributed by atoms with Gasteiger partial charge in [-0.1, -0.05) is 37.2 Å². The van der Waals surface area contributed by atoms with E-state index in [1.165, 1.54) is 5.69 Å². The van der Waals surface area contributed by atoms with E-state index in [9.17, 15) is 5.11 Å². The van der Waals surface area contributed by atoms with Crippen LogP contribution < -0.4 is 0 Å². The van der Waals surface area contributed by atoms with Crippen molar-refractivity contribution in [2.24, 2.45) is 5.41 Å². The van der Waals surface area contributed by atoms with Crippen molar-refractivity contribution in [2.75, 3.05) is 12.4 Å². The number of thioether (sulfide) groups is 1. The van der Waals surface area contributed by atoms with E-state index in [2.05, 4.69) is 29.3 Å². The Labute approximate surface area is 141 Å². The third-order valence-electron chi connectivity index (χ3n) is 4.85. The van der Waals surface area contributed by atoms with E-state index < -0.39 is 0 Å². The number of hydrogen-bond acceptors (Lipinski definition) is 3. The predicted octanol–water partition coefficient (Wildman–Crippen LogP) is 4.76. The molecule has 0 aliphatic heterocycles. The minimum absolute atomic E-state index is 0.0874. The lowest BCUT2D eigenvalue weighted by Crippen LogP contribution is -2.27. The first-order chi connectivity index (χ1) is 10.6. The molecule has 120 valence electrons. The van der Waals surface area contributed by atoms with Gasteiger partial charge in [0.1, 0.15) is 0 Å². The molecule has 0 saturated heterocycles. The Morgan fingerprint density at radius 1 is 1.41 bits per heavy atom. The lowest BCUT2D eigenvalue weighted by Gasteiger charge is -2.36. The number of fused-ring (bicyclic) bond motifs is 1. The van der Waals surface area contributed by atoms with E-state index in [1.54, 1.807) is 11.8 Å². The fourth-order valence-corrected chi connectivity index (χ4v) is 4.35. The molecular formula is C17H23ClN2OS. The van der Waals surface area contributed by atoms with Crippen molar-refractivity contribution in [1.29, 1.82) is 0 Å². The van der Waals surface area contributed by atoms with Gasteiger partial charge in [-0.05, 0) is 54.9 Å². The first-order valence-corrected chi connectivity index (χ1v) is 9.33. The lowest BCUT2D eigenvalue weighted by molar-refractivity contribution is 0.0927. The summed E-state index contributed by atoms with van der Waals surface area (Å²) in [6, 6.07) is 4.08. The van der Waals surface area contributed by atoms with Gasteiger partial charge in [0, 0.05) is 17.3 Å². The van der Waals surface area contributed by atoms with Crippen LogP contribution in [0.1, 0.15) is 51.1 Å². The summed E-state index contributed by atoms with van der Waals surface area (Å²) >= 11 is 8.09. The molecule has 22 heavy (non-hydrogen) atoms. The zero-order valence-corrected chi connectivity index (χ0v) is 14.8. The van der Waals surface area contributed by atoms with Gasteiger partial charge < -0.3 is 5.11 Å². The third-order valence-corrected chi connectivity index (χ3v) is 5.91. The monoisotopic (exact) mass is 338 g/mol. The van der Waals surface area contributed by atoms with Gasteiger partial charge in [-0.3, -0.25) is 4.40 Å². The Kier molecular flexibility index (Phi) is 4.72. The number of rotatable bonds is 4. The van der Waals surface area contributed by atoms with E-state index >= 15 is 0 Å². The molecule has 2 aromatic heterocycles. The SMILES string of the molecule is CCSc1ncc2cc(Cl)cc(C3CCC(C)(CO)CC3)n12. The van der Waals surface area contributed by atoms with Gasteiger partial charge in [0.05, 0.1) is 11.7 Å². The van der Waals surface area contributed by atoms with Crippen molar-refractivity contribution in [3.63, 3.8) is 0 Å². The zero-order valence-electron chi connectivity index (χ0n) is 13.2. The number of imidazole rings is 1. The first-order valence-electron chi connectivity index (χ1n) is 7.97. The van der Waals surface area contributed by atoms with E-state index in [-0.39, 0.29) is 12.0 Å². The van der Waals surface area contributed by atoms with Gasteiger partial charge in [0.25, 0.3) is 0 Å². The predicted molar refractivity (Wildman–Crippen MR) is 93.0 cm³/mol. The highest BCUT2D eigenvalue weighted by molar-refractivity contribution is 7.99. The van der Waals surface area contributed by atoms with E-state index in [1.807, 2.05) is 12.3 Å². The van der Waals surface area contributed by atoms with Crippen LogP contribution in [0.25, 0.3) is 5.52 Å². The summed E-state index contributed by atoms with van der Waals surface area (Å²) in [4.78, 5) is 4.55. The molecule has 0 unspecified atom stereocenters. The fraction of sp³-hybridized carbons (Fsp3) is 0.588. The van der Waals surface area contributed by atoms with Crippen LogP contribution >= 0.6 is 23.4 Å². The molecular weight excluding hydrogens is 316 g/mol. The average molecular weight is 339 g/mol. The van der Waals surface area contributed by atoms with Gasteiger partial charge in [0.15, 0.2) is 5.16 Å². The molecule has 0 amide bonds. The molecule has 1 aliphatic rings. The molecule has 1 N–H and O–H groups in total. The van der Waals surface area contributed by atoms with Crippen LogP contribution in [-0.4, -0.2) is 26.9 Å². The van der Waals surface area contributed by atoms with Crippen LogP contribution in [0.3, 0.4) is 0 Å². The second kappa shape index (κ2) is 6.42. The van der Waals surface area contributed by atoms with Crippen molar-refractivity contribution in [3.05, 3.63) is 29.0 Å². The number of pyridine rings is 1. The summed E-state index contributed by atoms with van der Waals surface area (Å²) in [6.07, 6.45) is 6.23. The second-order valence-corrected chi connectivity index (χ2v) is 8.24. The molecule has 3 rings (SSSR count). The molecule has 0 spiro atoms. The molecule has 3 nitrogen and oxygen atoms in total. The van der Waals surface area contributed by atoms with Crippen LogP contribution in [0.2, 0.25) is 5.02 Å². The Bertz CT molecular complexity index is 662. The molecule has 2 heterocycles. The highest BCUT2D eigenvalue weighted by Gasteiger charge is 2.32. The molecule has 1 saturated carbocycles. The standard InChI is InChI=1S/C17H23ClN2OS/c1-3-22-16-19-10-14-8-13(18)9-15(20(14)16)12-4-6-17(2,11-21)7-5-12/h8-10,12,21H,3-7,11H2,1-2H3. The number of nitrogens with zero attached hydrogens (tertiary/aromatic N) is 2. The van der Waals surface area contributed by atoms with Crippen molar-refractivity contribution in [2.45, 2.75) is 50.6 Å². The van der Waals surface area contributed by atoms with Gasteiger partial charge in [-0.25, -0.2) is 4.98 Å². The molecule has 2 aromatic rings. The highest BCUT2D eigenvalue weighted by atomic mass is 35.5. The third kappa shape index (κ3) is 3.01. The fourth-order valence-electron chi connectivity index (χ4n) is 3.40. The van der Waals surface area contributed by atoms with Crippen molar-refractivity contribution >= 4 is 28.9 Å². The molecule has 1 fully saturated rings. The minimum atomic E-state index is 0.0874. The van der Waals surface area contributed by atoms with Gasteiger partial charge in [-0.2, -0.15) is 0 Å². The van der Waals surface area contributed by atoms with Crippen LogP contribution in [0.5, 0.6) is 0 Å². The average Bonchev–Trinajstić information content (AvgIpc) is 2.91. The summed E-state index contributed by atoms with van der Waals surface area (Å²) in [5.41, 5.74) is 2.44.